The van der Waals surface area contributed by atoms with Gasteiger partial charge in [-0.25, -0.2) is 0 Å². The molecule has 0 saturated carbocycles. The molecule has 0 saturated heterocycles. The number of hydrogen-bond donors (Lipinski definition) is 2. The summed E-state index contributed by atoms with van der Waals surface area (Å²) < 4.78 is 0. The van der Waals surface area contributed by atoms with Crippen molar-refractivity contribution in [2.45, 2.75) is 45.4 Å². The molecule has 0 aliphatic rings. The maximum absolute atomic E-state index is 10.0. The lowest BCUT2D eigenvalue weighted by Crippen LogP contribution is -1.93. The summed E-state index contributed by atoms with van der Waals surface area (Å²) in [6.45, 7) is 2.15. The minimum atomic E-state index is -0.670. The average molecular weight is 211 g/mol. The topological polar surface area (TPSA) is 53.1 Å². The van der Waals surface area contributed by atoms with Gasteiger partial charge in [-0.2, -0.15) is 0 Å². The molecule has 1 rings (SSSR count). The molecule has 0 amide bonds. The van der Waals surface area contributed by atoms with Gasteiger partial charge in [0.2, 0.25) is 0 Å². The molecule has 0 spiro atoms. The Morgan fingerprint density at radius 3 is 2.13 bits per heavy atom. The molecule has 0 fully saturated rings. The number of aliphatic carboxylic acids is 1. The molecule has 3 heteroatoms. The van der Waals surface area contributed by atoms with Gasteiger partial charge in [-0.3, -0.25) is 4.79 Å². The Labute approximate surface area is 91.5 Å². The number of hydrogen-bond acceptors (Lipinski definition) is 1. The fourth-order valence-electron chi connectivity index (χ4n) is 1.16. The monoisotopic (exact) mass is 211 g/mol. The zero-order valence-electron chi connectivity index (χ0n) is 9.41. The summed E-state index contributed by atoms with van der Waals surface area (Å²) in [5, 5.41) is 8.27. The maximum Gasteiger partial charge on any atom is 0.303 e. The molecule has 1 aromatic heterocycles. The summed E-state index contributed by atoms with van der Waals surface area (Å²) in [4.78, 5) is 12.9. The Morgan fingerprint density at radius 2 is 1.73 bits per heavy atom. The van der Waals surface area contributed by atoms with Gasteiger partial charge in [0.05, 0.1) is 0 Å². The normalized spacial score (nSPS) is 9.13. The number of carboxylic acids is 1. The summed E-state index contributed by atoms with van der Waals surface area (Å²) in [6, 6.07) is 3.89. The molecule has 0 radical (unpaired) electrons. The molecule has 0 atom stereocenters. The standard InChI is InChI=1S/C8H16O2.C4H5N/c1-2-3-4-5-6-7-8(9)10;1-2-4-5-3-1/h2-7H2,1H3,(H,9,10);1-5H. The third-order valence-corrected chi connectivity index (χ3v) is 1.99. The van der Waals surface area contributed by atoms with Crippen molar-refractivity contribution in [2.75, 3.05) is 0 Å². The molecule has 0 bridgehead atoms. The van der Waals surface area contributed by atoms with Crippen LogP contribution in [0.5, 0.6) is 0 Å². The van der Waals surface area contributed by atoms with Crippen LogP contribution in [0.2, 0.25) is 0 Å². The van der Waals surface area contributed by atoms with Crippen LogP contribution < -0.4 is 0 Å². The number of aromatic nitrogens is 1. The molecular formula is C12H21NO2. The van der Waals surface area contributed by atoms with Crippen LogP contribution in [0.25, 0.3) is 0 Å². The van der Waals surface area contributed by atoms with Gasteiger partial charge in [0.15, 0.2) is 0 Å². The number of H-pyrrole nitrogens is 1. The van der Waals surface area contributed by atoms with Crippen LogP contribution in [0.3, 0.4) is 0 Å². The van der Waals surface area contributed by atoms with Gasteiger partial charge in [-0.15, -0.1) is 0 Å². The highest BCUT2D eigenvalue weighted by Crippen LogP contribution is 2.04. The van der Waals surface area contributed by atoms with Gasteiger partial charge in [0.1, 0.15) is 0 Å². The van der Waals surface area contributed by atoms with E-state index in [2.05, 4.69) is 11.9 Å². The van der Waals surface area contributed by atoms with E-state index in [4.69, 9.17) is 5.11 Å². The van der Waals surface area contributed by atoms with Gasteiger partial charge >= 0.3 is 5.97 Å². The van der Waals surface area contributed by atoms with Crippen molar-refractivity contribution >= 4 is 5.97 Å². The zero-order valence-corrected chi connectivity index (χ0v) is 9.41. The molecule has 2 N–H and O–H groups in total. The molecular weight excluding hydrogens is 190 g/mol. The van der Waals surface area contributed by atoms with Gasteiger partial charge in [-0.1, -0.05) is 32.6 Å². The first-order valence-electron chi connectivity index (χ1n) is 5.57. The van der Waals surface area contributed by atoms with E-state index in [0.717, 1.165) is 12.8 Å². The summed E-state index contributed by atoms with van der Waals surface area (Å²) in [5.41, 5.74) is 0. The van der Waals surface area contributed by atoms with Crippen LogP contribution in [0.15, 0.2) is 24.5 Å². The predicted octanol–water partition coefficient (Wildman–Crippen LogP) is 3.45. The molecule has 0 aliphatic carbocycles. The SMILES string of the molecule is CCCCCCCC(=O)O.c1cc[nH]c1. The Balaban J connectivity index is 0.000000322. The fourth-order valence-corrected chi connectivity index (χ4v) is 1.16. The van der Waals surface area contributed by atoms with E-state index in [0.29, 0.717) is 6.42 Å². The third-order valence-electron chi connectivity index (χ3n) is 1.99. The number of carbonyl (C=O) groups is 1. The minimum absolute atomic E-state index is 0.337. The van der Waals surface area contributed by atoms with Gasteiger partial charge in [0, 0.05) is 18.8 Å². The van der Waals surface area contributed by atoms with Crippen LogP contribution in [-0.4, -0.2) is 16.1 Å². The highest BCUT2D eigenvalue weighted by Gasteiger charge is 1.94. The van der Waals surface area contributed by atoms with Gasteiger partial charge < -0.3 is 10.1 Å². The van der Waals surface area contributed by atoms with E-state index in [1.54, 1.807) is 0 Å². The Hall–Kier alpha value is -1.25. The second-order valence-corrected chi connectivity index (χ2v) is 3.44. The number of unbranched alkanes of at least 4 members (excludes halogenated alkanes) is 4. The first kappa shape index (κ1) is 13.8. The van der Waals surface area contributed by atoms with Gasteiger partial charge in [-0.05, 0) is 18.6 Å². The predicted molar refractivity (Wildman–Crippen MR) is 61.8 cm³/mol. The van der Waals surface area contributed by atoms with E-state index >= 15 is 0 Å². The lowest BCUT2D eigenvalue weighted by Gasteiger charge is -1.95. The van der Waals surface area contributed by atoms with Crippen LogP contribution in [0, 0.1) is 0 Å². The number of carboxylic acid groups (broad SMARTS) is 1. The van der Waals surface area contributed by atoms with Crippen molar-refractivity contribution in [2.24, 2.45) is 0 Å². The van der Waals surface area contributed by atoms with E-state index in [-0.39, 0.29) is 0 Å². The van der Waals surface area contributed by atoms with Crippen LogP contribution in [0.4, 0.5) is 0 Å². The van der Waals surface area contributed by atoms with Crippen molar-refractivity contribution in [3.05, 3.63) is 24.5 Å². The Kier molecular flexibility index (Phi) is 9.93. The summed E-state index contributed by atoms with van der Waals surface area (Å²) in [7, 11) is 0. The van der Waals surface area contributed by atoms with Crippen molar-refractivity contribution in [1.29, 1.82) is 0 Å². The highest BCUT2D eigenvalue weighted by molar-refractivity contribution is 5.66. The third kappa shape index (κ3) is 12.8. The van der Waals surface area contributed by atoms with Crippen LogP contribution in [0.1, 0.15) is 45.4 Å². The lowest BCUT2D eigenvalue weighted by molar-refractivity contribution is -0.137. The fraction of sp³-hybridized carbons (Fsp3) is 0.583. The molecule has 1 aromatic rings. The van der Waals surface area contributed by atoms with Crippen molar-refractivity contribution in [3.8, 4) is 0 Å². The molecule has 1 heterocycles. The summed E-state index contributed by atoms with van der Waals surface area (Å²) in [6.07, 6.45) is 9.63. The Bertz CT molecular complexity index is 202. The molecule has 3 nitrogen and oxygen atoms in total. The number of nitrogens with one attached hydrogen (secondary N) is 1. The van der Waals surface area contributed by atoms with E-state index in [1.165, 1.54) is 19.3 Å². The Morgan fingerprint density at radius 1 is 1.13 bits per heavy atom. The van der Waals surface area contributed by atoms with Crippen molar-refractivity contribution in [3.63, 3.8) is 0 Å². The van der Waals surface area contributed by atoms with Gasteiger partial charge in [0.25, 0.3) is 0 Å². The average Bonchev–Trinajstić information content (AvgIpc) is 2.75. The minimum Gasteiger partial charge on any atom is -0.481 e. The first-order chi connectivity index (χ1) is 7.27. The van der Waals surface area contributed by atoms with E-state index in [9.17, 15) is 4.79 Å². The maximum atomic E-state index is 10.0. The van der Waals surface area contributed by atoms with Crippen LogP contribution >= 0.6 is 0 Å². The second kappa shape index (κ2) is 10.8. The lowest BCUT2D eigenvalue weighted by atomic mass is 10.1. The van der Waals surface area contributed by atoms with Crippen molar-refractivity contribution in [1.82, 2.24) is 4.98 Å². The van der Waals surface area contributed by atoms with E-state index in [1.807, 2.05) is 24.5 Å². The molecule has 0 aromatic carbocycles. The summed E-state index contributed by atoms with van der Waals surface area (Å²) >= 11 is 0. The smallest absolute Gasteiger partial charge is 0.303 e. The van der Waals surface area contributed by atoms with E-state index < -0.39 is 5.97 Å². The quantitative estimate of drug-likeness (QED) is 0.708. The molecule has 15 heavy (non-hydrogen) atoms. The first-order valence-corrected chi connectivity index (χ1v) is 5.57. The summed E-state index contributed by atoms with van der Waals surface area (Å²) in [5.74, 6) is -0.670. The second-order valence-electron chi connectivity index (χ2n) is 3.44. The number of rotatable bonds is 6. The largest absolute Gasteiger partial charge is 0.481 e. The molecule has 0 aliphatic heterocycles. The highest BCUT2D eigenvalue weighted by atomic mass is 16.4. The molecule has 86 valence electrons. The molecule has 0 unspecified atom stereocenters. The number of aromatic amines is 1. The van der Waals surface area contributed by atoms with Crippen LogP contribution in [-0.2, 0) is 4.79 Å². The zero-order chi connectivity index (χ0) is 11.4. The van der Waals surface area contributed by atoms with Crippen molar-refractivity contribution < 1.29 is 9.90 Å².